The predicted octanol–water partition coefficient (Wildman–Crippen LogP) is 3.68. The molecule has 0 radical (unpaired) electrons. The van der Waals surface area contributed by atoms with Crippen molar-refractivity contribution in [1.82, 2.24) is 5.32 Å². The Bertz CT molecular complexity index is 898. The highest BCUT2D eigenvalue weighted by atomic mass is 127. The zero-order chi connectivity index (χ0) is 19.6. The lowest BCUT2D eigenvalue weighted by Gasteiger charge is -2.28. The second-order valence-electron chi connectivity index (χ2n) is 6.85. The van der Waals surface area contributed by atoms with Crippen molar-refractivity contribution in [3.63, 3.8) is 0 Å². The molecule has 1 aliphatic rings. The summed E-state index contributed by atoms with van der Waals surface area (Å²) in [4.78, 5) is 23.0. The minimum absolute atomic E-state index is 0.105. The fourth-order valence-corrected chi connectivity index (χ4v) is 3.34. The van der Waals surface area contributed by atoms with Gasteiger partial charge in [-0.2, -0.15) is 0 Å². The predicted molar refractivity (Wildman–Crippen MR) is 109 cm³/mol. The van der Waals surface area contributed by atoms with E-state index in [4.69, 9.17) is 9.47 Å². The molecule has 1 N–H and O–H groups in total. The molecule has 7 nitrogen and oxygen atoms in total. The van der Waals surface area contributed by atoms with Crippen LogP contribution >= 0.6 is 22.6 Å². The highest BCUT2D eigenvalue weighted by Crippen LogP contribution is 2.35. The molecule has 142 valence electrons. The SMILES string of the molecule is CC(C)(CNC(=O)c1cc([N+](=O)[O-])ccc1I)c1ccc2c(c1)OCCO2. The van der Waals surface area contributed by atoms with Gasteiger partial charge >= 0.3 is 0 Å². The van der Waals surface area contributed by atoms with Gasteiger partial charge < -0.3 is 14.8 Å². The van der Waals surface area contributed by atoms with Crippen LogP contribution < -0.4 is 14.8 Å². The molecule has 0 saturated carbocycles. The van der Waals surface area contributed by atoms with Crippen molar-refractivity contribution in [3.8, 4) is 11.5 Å². The van der Waals surface area contributed by atoms with Crippen molar-refractivity contribution in [2.75, 3.05) is 19.8 Å². The Morgan fingerprint density at radius 2 is 1.89 bits per heavy atom. The highest BCUT2D eigenvalue weighted by molar-refractivity contribution is 14.1. The molecule has 0 aliphatic carbocycles. The maximum absolute atomic E-state index is 12.6. The Kier molecular flexibility index (Phi) is 5.54. The molecule has 0 saturated heterocycles. The molecule has 1 heterocycles. The number of hydrogen-bond donors (Lipinski definition) is 1. The molecule has 0 atom stereocenters. The minimum Gasteiger partial charge on any atom is -0.486 e. The number of amides is 1. The summed E-state index contributed by atoms with van der Waals surface area (Å²) in [6.07, 6.45) is 0. The quantitative estimate of drug-likeness (QED) is 0.399. The fourth-order valence-electron chi connectivity index (χ4n) is 2.76. The van der Waals surface area contributed by atoms with Gasteiger partial charge in [-0.3, -0.25) is 14.9 Å². The first-order valence-corrected chi connectivity index (χ1v) is 9.48. The molecule has 0 spiro atoms. The number of carbonyl (C=O) groups excluding carboxylic acids is 1. The van der Waals surface area contributed by atoms with Crippen LogP contribution in [0.1, 0.15) is 29.8 Å². The highest BCUT2D eigenvalue weighted by Gasteiger charge is 2.25. The van der Waals surface area contributed by atoms with Crippen LogP contribution in [0.4, 0.5) is 5.69 Å². The molecule has 0 unspecified atom stereocenters. The van der Waals surface area contributed by atoms with E-state index in [1.807, 2.05) is 54.6 Å². The Balaban J connectivity index is 1.74. The zero-order valence-corrected chi connectivity index (χ0v) is 17.1. The van der Waals surface area contributed by atoms with Gasteiger partial charge in [-0.05, 0) is 46.4 Å². The lowest BCUT2D eigenvalue weighted by atomic mass is 9.84. The molecule has 2 aromatic carbocycles. The maximum Gasteiger partial charge on any atom is 0.270 e. The van der Waals surface area contributed by atoms with Gasteiger partial charge in [0.1, 0.15) is 13.2 Å². The number of nitrogens with zero attached hydrogens (tertiary/aromatic N) is 1. The molecule has 27 heavy (non-hydrogen) atoms. The van der Waals surface area contributed by atoms with Crippen LogP contribution in [-0.4, -0.2) is 30.6 Å². The number of carbonyl (C=O) groups is 1. The van der Waals surface area contributed by atoms with E-state index in [9.17, 15) is 14.9 Å². The number of benzene rings is 2. The first kappa shape index (κ1) is 19.4. The maximum atomic E-state index is 12.6. The Morgan fingerprint density at radius 1 is 1.19 bits per heavy atom. The van der Waals surface area contributed by atoms with Gasteiger partial charge in [0.15, 0.2) is 11.5 Å². The number of ether oxygens (including phenoxy) is 2. The summed E-state index contributed by atoms with van der Waals surface area (Å²) in [5, 5.41) is 13.8. The lowest BCUT2D eigenvalue weighted by molar-refractivity contribution is -0.384. The molecule has 8 heteroatoms. The molecule has 3 rings (SSSR count). The second kappa shape index (κ2) is 7.71. The van der Waals surface area contributed by atoms with E-state index in [0.29, 0.717) is 34.6 Å². The monoisotopic (exact) mass is 482 g/mol. The number of nitro groups is 1. The molecule has 1 amide bonds. The van der Waals surface area contributed by atoms with Gasteiger partial charge in [-0.15, -0.1) is 0 Å². The van der Waals surface area contributed by atoms with Gasteiger partial charge in [0, 0.05) is 27.7 Å². The van der Waals surface area contributed by atoms with Crippen LogP contribution in [0, 0.1) is 13.7 Å². The third kappa shape index (κ3) is 4.32. The standard InChI is InChI=1S/C19H19IN2O5/c1-19(2,12-3-6-16-17(9-12)27-8-7-26-16)11-21-18(23)14-10-13(22(24)25)4-5-15(14)20/h3-6,9-10H,7-8,11H2,1-2H3,(H,21,23). The number of halogens is 1. The van der Waals surface area contributed by atoms with Crippen molar-refractivity contribution in [1.29, 1.82) is 0 Å². The number of non-ortho nitro benzene ring substituents is 1. The number of fused-ring (bicyclic) bond motifs is 1. The summed E-state index contributed by atoms with van der Waals surface area (Å²) in [5.74, 6) is 1.08. The molecule has 0 aromatic heterocycles. The van der Waals surface area contributed by atoms with Gasteiger partial charge in [0.25, 0.3) is 11.6 Å². The number of nitro benzene ring substituents is 1. The lowest BCUT2D eigenvalue weighted by Crippen LogP contribution is -2.37. The van der Waals surface area contributed by atoms with E-state index in [2.05, 4.69) is 5.32 Å². The summed E-state index contributed by atoms with van der Waals surface area (Å²) in [6, 6.07) is 10.0. The van der Waals surface area contributed by atoms with Gasteiger partial charge in [-0.1, -0.05) is 19.9 Å². The van der Waals surface area contributed by atoms with Gasteiger partial charge in [0.05, 0.1) is 10.5 Å². The van der Waals surface area contributed by atoms with Crippen LogP contribution in [0.15, 0.2) is 36.4 Å². The van der Waals surface area contributed by atoms with Gasteiger partial charge in [0.2, 0.25) is 0 Å². The molecular weight excluding hydrogens is 463 g/mol. The van der Waals surface area contributed by atoms with Crippen LogP contribution in [0.3, 0.4) is 0 Å². The largest absolute Gasteiger partial charge is 0.486 e. The van der Waals surface area contributed by atoms with E-state index < -0.39 is 4.92 Å². The zero-order valence-electron chi connectivity index (χ0n) is 15.0. The Hall–Kier alpha value is -2.36. The summed E-state index contributed by atoms with van der Waals surface area (Å²) < 4.78 is 11.8. The van der Waals surface area contributed by atoms with Crippen molar-refractivity contribution in [2.45, 2.75) is 19.3 Å². The first-order chi connectivity index (χ1) is 12.8. The summed E-state index contributed by atoms with van der Waals surface area (Å²) >= 11 is 2.00. The van der Waals surface area contributed by atoms with E-state index in [0.717, 1.165) is 11.3 Å². The average Bonchev–Trinajstić information content (AvgIpc) is 2.66. The normalized spacial score (nSPS) is 13.1. The number of rotatable bonds is 5. The van der Waals surface area contributed by atoms with E-state index in [1.165, 1.54) is 12.1 Å². The average molecular weight is 482 g/mol. The van der Waals surface area contributed by atoms with Crippen LogP contribution in [0.2, 0.25) is 0 Å². The van der Waals surface area contributed by atoms with Crippen molar-refractivity contribution in [3.05, 3.63) is 61.2 Å². The molecular formula is C19H19IN2O5. The fraction of sp³-hybridized carbons (Fsp3) is 0.316. The van der Waals surface area contributed by atoms with E-state index in [-0.39, 0.29) is 17.0 Å². The van der Waals surface area contributed by atoms with Crippen LogP contribution in [0.5, 0.6) is 11.5 Å². The van der Waals surface area contributed by atoms with E-state index in [1.54, 1.807) is 6.07 Å². The number of hydrogen-bond acceptors (Lipinski definition) is 5. The first-order valence-electron chi connectivity index (χ1n) is 8.40. The second-order valence-corrected chi connectivity index (χ2v) is 8.01. The molecule has 1 aliphatic heterocycles. The molecule has 0 fully saturated rings. The smallest absolute Gasteiger partial charge is 0.270 e. The van der Waals surface area contributed by atoms with Crippen molar-refractivity contribution < 1.29 is 19.2 Å². The van der Waals surface area contributed by atoms with E-state index >= 15 is 0 Å². The Labute approximate surface area is 170 Å². The molecule has 0 bridgehead atoms. The summed E-state index contributed by atoms with van der Waals surface area (Å²) in [5.41, 5.74) is 0.827. The number of nitrogens with one attached hydrogen (secondary N) is 1. The van der Waals surface area contributed by atoms with Crippen LogP contribution in [-0.2, 0) is 5.41 Å². The van der Waals surface area contributed by atoms with Gasteiger partial charge in [-0.25, -0.2) is 0 Å². The third-order valence-electron chi connectivity index (χ3n) is 4.42. The Morgan fingerprint density at radius 3 is 2.59 bits per heavy atom. The summed E-state index contributed by atoms with van der Waals surface area (Å²) in [7, 11) is 0. The molecule has 2 aromatic rings. The minimum atomic E-state index is -0.508. The van der Waals surface area contributed by atoms with Crippen molar-refractivity contribution >= 4 is 34.2 Å². The van der Waals surface area contributed by atoms with Crippen LogP contribution in [0.25, 0.3) is 0 Å². The summed E-state index contributed by atoms with van der Waals surface area (Å²) in [6.45, 7) is 5.44. The topological polar surface area (TPSA) is 90.7 Å². The third-order valence-corrected chi connectivity index (χ3v) is 5.36. The van der Waals surface area contributed by atoms with Crippen molar-refractivity contribution in [2.24, 2.45) is 0 Å².